The Morgan fingerprint density at radius 1 is 1.50 bits per heavy atom. The van der Waals surface area contributed by atoms with Gasteiger partial charge in [0.2, 0.25) is 0 Å². The number of rotatable bonds is 1. The molecule has 0 fully saturated rings. The zero-order valence-corrected chi connectivity index (χ0v) is 5.65. The minimum Gasteiger partial charge on any atom is -0.713 e. The topological polar surface area (TPSA) is 74.0 Å². The molecule has 0 saturated carbocycles. The molecule has 0 bridgehead atoms. The van der Waals surface area contributed by atoms with Gasteiger partial charge in [-0.25, -0.2) is 0 Å². The Morgan fingerprint density at radius 3 is 2.50 bits per heavy atom. The molecule has 0 aliphatic heterocycles. The maximum Gasteiger partial charge on any atom is 0.300 e. The Balaban J connectivity index is 3.22. The second-order valence-corrected chi connectivity index (χ2v) is 2.82. The van der Waals surface area contributed by atoms with Gasteiger partial charge in [-0.2, -0.15) is 8.42 Å². The summed E-state index contributed by atoms with van der Waals surface area (Å²) in [7, 11) is -4.40. The van der Waals surface area contributed by atoms with Gasteiger partial charge in [0.05, 0.1) is 0 Å². The van der Waals surface area contributed by atoms with Crippen LogP contribution in [0.1, 0.15) is 0 Å². The van der Waals surface area contributed by atoms with Crippen LogP contribution in [-0.4, -0.2) is 18.0 Å². The van der Waals surface area contributed by atoms with Crippen LogP contribution in [0.25, 0.3) is 0 Å². The number of aromatic nitrogens is 2. The third-order valence-electron chi connectivity index (χ3n) is 0.844. The van der Waals surface area contributed by atoms with E-state index >= 15 is 0 Å². The summed E-state index contributed by atoms with van der Waals surface area (Å²) < 4.78 is 31.1. The average molecular weight is 160 g/mol. The molecule has 0 saturated heterocycles. The lowest BCUT2D eigenvalue weighted by atomic mass is 10.7. The molecule has 0 aromatic carbocycles. The Kier molecular flexibility index (Phi) is 1.64. The third kappa shape index (κ3) is 1.49. The summed E-state index contributed by atoms with van der Waals surface area (Å²) in [6.07, 6.45) is 3.43. The van der Waals surface area contributed by atoms with Crippen LogP contribution in [-0.2, 0) is 10.3 Å². The van der Waals surface area contributed by atoms with Crippen LogP contribution in [0.4, 0.5) is 0 Å². The summed E-state index contributed by atoms with van der Waals surface area (Å²) in [5.41, 5.74) is 0. The van der Waals surface area contributed by atoms with Gasteiger partial charge in [0.15, 0.2) is 0 Å². The van der Waals surface area contributed by atoms with Crippen molar-refractivity contribution in [3.8, 4) is 0 Å². The molecule has 6 heteroatoms. The van der Waals surface area contributed by atoms with Crippen molar-refractivity contribution in [3.05, 3.63) is 24.8 Å². The highest BCUT2D eigenvalue weighted by Gasteiger charge is 2.00. The summed E-state index contributed by atoms with van der Waals surface area (Å²) in [6, 6.07) is 1.36. The maximum atomic E-state index is 10.2. The van der Waals surface area contributed by atoms with Crippen molar-refractivity contribution in [1.82, 2.24) is 4.98 Å². The molecule has 1 heterocycles. The Bertz CT molecular complexity index is 307. The molecule has 0 spiro atoms. The van der Waals surface area contributed by atoms with E-state index in [0.29, 0.717) is 3.97 Å². The van der Waals surface area contributed by atoms with Gasteiger partial charge in [-0.1, -0.05) is 4.98 Å². The van der Waals surface area contributed by atoms with Gasteiger partial charge < -0.3 is 4.55 Å². The normalized spacial score (nSPS) is 11.3. The Hall–Kier alpha value is -1.01. The largest absolute Gasteiger partial charge is 0.713 e. The predicted molar refractivity (Wildman–Crippen MR) is 29.5 cm³/mol. The van der Waals surface area contributed by atoms with Crippen molar-refractivity contribution < 1.29 is 16.9 Å². The molecule has 5 nitrogen and oxygen atoms in total. The van der Waals surface area contributed by atoms with E-state index in [-0.39, 0.29) is 0 Å². The molecule has 0 unspecified atom stereocenters. The molecule has 0 aliphatic carbocycles. The molecular weight excluding hydrogens is 156 g/mol. The maximum absolute atomic E-state index is 10.2. The molecule has 0 amide bonds. The van der Waals surface area contributed by atoms with Crippen LogP contribution >= 0.6 is 0 Å². The van der Waals surface area contributed by atoms with E-state index < -0.39 is 10.3 Å². The van der Waals surface area contributed by atoms with Gasteiger partial charge in [0.25, 0.3) is 10.3 Å². The molecule has 1 aromatic heterocycles. The second-order valence-electron chi connectivity index (χ2n) is 1.54. The lowest BCUT2D eigenvalue weighted by Gasteiger charge is -2.00. The zero-order chi connectivity index (χ0) is 7.61. The van der Waals surface area contributed by atoms with Gasteiger partial charge >= 0.3 is 6.33 Å². The fourth-order valence-corrected chi connectivity index (χ4v) is 0.837. The average Bonchev–Trinajstić information content (AvgIpc) is 1.88. The fourth-order valence-electron chi connectivity index (χ4n) is 0.448. The molecule has 10 heavy (non-hydrogen) atoms. The van der Waals surface area contributed by atoms with Gasteiger partial charge in [-0.05, 0) is 0 Å². The molecule has 0 aliphatic rings. The minimum atomic E-state index is -4.40. The van der Waals surface area contributed by atoms with Crippen molar-refractivity contribution >= 4 is 10.3 Å². The van der Waals surface area contributed by atoms with E-state index in [1.54, 1.807) is 0 Å². The number of nitrogens with zero attached hydrogens (tertiary/aromatic N) is 2. The monoisotopic (exact) mass is 160 g/mol. The van der Waals surface area contributed by atoms with Gasteiger partial charge in [0, 0.05) is 6.07 Å². The van der Waals surface area contributed by atoms with Crippen molar-refractivity contribution in [2.24, 2.45) is 0 Å². The standard InChI is InChI=1S/C4H4N2O3S/c7-10(8,9)6-3-1-2-5-4-6/h1-4H. The first-order valence-corrected chi connectivity index (χ1v) is 3.75. The zero-order valence-electron chi connectivity index (χ0n) is 4.84. The van der Waals surface area contributed by atoms with Crippen molar-refractivity contribution in [2.45, 2.75) is 0 Å². The first-order valence-electron chi connectivity index (χ1n) is 2.38. The molecule has 1 aromatic rings. The van der Waals surface area contributed by atoms with E-state index in [1.807, 2.05) is 0 Å². The highest BCUT2D eigenvalue weighted by Crippen LogP contribution is 1.74. The van der Waals surface area contributed by atoms with E-state index in [4.69, 9.17) is 0 Å². The van der Waals surface area contributed by atoms with Gasteiger partial charge in [-0.3, -0.25) is 0 Å². The Labute approximate surface area is 57.8 Å². The summed E-state index contributed by atoms with van der Waals surface area (Å²) in [4.78, 5) is 3.43. The van der Waals surface area contributed by atoms with E-state index in [0.717, 1.165) is 12.5 Å². The summed E-state index contributed by atoms with van der Waals surface area (Å²) >= 11 is 0. The van der Waals surface area contributed by atoms with Gasteiger partial charge in [-0.15, -0.1) is 3.97 Å². The Morgan fingerprint density at radius 2 is 2.20 bits per heavy atom. The van der Waals surface area contributed by atoms with E-state index in [2.05, 4.69) is 4.98 Å². The van der Waals surface area contributed by atoms with Crippen molar-refractivity contribution in [2.75, 3.05) is 0 Å². The third-order valence-corrected chi connectivity index (χ3v) is 1.58. The molecular formula is C4H4N2O3S. The summed E-state index contributed by atoms with van der Waals surface area (Å²) in [5, 5.41) is 0. The molecule has 0 N–H and O–H groups in total. The SMILES string of the molecule is O=S(=O)([O-])[n+]1cccnc1. The molecule has 0 atom stereocenters. The van der Waals surface area contributed by atoms with Crippen LogP contribution in [0.5, 0.6) is 0 Å². The van der Waals surface area contributed by atoms with E-state index in [1.165, 1.54) is 12.3 Å². The fraction of sp³-hybridized carbons (Fsp3) is 0. The van der Waals surface area contributed by atoms with Crippen molar-refractivity contribution in [3.63, 3.8) is 0 Å². The highest BCUT2D eigenvalue weighted by atomic mass is 32.2. The summed E-state index contributed by atoms with van der Waals surface area (Å²) in [6.45, 7) is 0. The van der Waals surface area contributed by atoms with E-state index in [9.17, 15) is 13.0 Å². The predicted octanol–water partition coefficient (Wildman–Crippen LogP) is -1.32. The first-order chi connectivity index (χ1) is 4.61. The molecule has 54 valence electrons. The van der Waals surface area contributed by atoms with Gasteiger partial charge in [0.1, 0.15) is 12.4 Å². The first kappa shape index (κ1) is 7.10. The van der Waals surface area contributed by atoms with Crippen molar-refractivity contribution in [1.29, 1.82) is 0 Å². The number of hydrogen-bond donors (Lipinski definition) is 0. The van der Waals surface area contributed by atoms with Crippen LogP contribution in [0.15, 0.2) is 24.8 Å². The molecule has 1 rings (SSSR count). The number of hydrogen-bond acceptors (Lipinski definition) is 4. The second kappa shape index (κ2) is 2.31. The quantitative estimate of drug-likeness (QED) is 0.377. The van der Waals surface area contributed by atoms with Crippen LogP contribution in [0.3, 0.4) is 0 Å². The lowest BCUT2D eigenvalue weighted by molar-refractivity contribution is -0.523. The van der Waals surface area contributed by atoms with Crippen LogP contribution in [0.2, 0.25) is 0 Å². The highest BCUT2D eigenvalue weighted by molar-refractivity contribution is 7.78. The lowest BCUT2D eigenvalue weighted by Crippen LogP contribution is -2.41. The van der Waals surface area contributed by atoms with Crippen LogP contribution < -0.4 is 3.97 Å². The minimum absolute atomic E-state index is 0.493. The smallest absolute Gasteiger partial charge is 0.300 e. The summed E-state index contributed by atoms with van der Waals surface area (Å²) in [5.74, 6) is 0. The van der Waals surface area contributed by atoms with Crippen LogP contribution in [0, 0.1) is 0 Å². The molecule has 0 radical (unpaired) electrons.